The van der Waals surface area contributed by atoms with E-state index in [1.165, 1.54) is 0 Å². The molecule has 0 unspecified atom stereocenters. The summed E-state index contributed by atoms with van der Waals surface area (Å²) in [7, 11) is 0. The number of carboxylic acids is 1. The van der Waals surface area contributed by atoms with Gasteiger partial charge >= 0.3 is 5.97 Å². The normalized spacial score (nSPS) is 29.6. The summed E-state index contributed by atoms with van der Waals surface area (Å²) in [6.45, 7) is -0.0761. The Morgan fingerprint density at radius 3 is 2.57 bits per heavy atom. The molecule has 2 aliphatic rings. The van der Waals surface area contributed by atoms with Gasteiger partial charge in [0.1, 0.15) is 5.75 Å². The molecule has 0 radical (unpaired) electrons. The molecule has 0 aliphatic heterocycles. The zero-order chi connectivity index (χ0) is 15.0. The molecular weight excluding hydrogens is 294 g/mol. The molecule has 5 nitrogen and oxygen atoms in total. The van der Waals surface area contributed by atoms with E-state index in [0.717, 1.165) is 6.42 Å². The summed E-state index contributed by atoms with van der Waals surface area (Å²) in [6, 6.07) is 6.75. The summed E-state index contributed by atoms with van der Waals surface area (Å²) in [5.74, 6) is -0.134. The molecule has 112 valence electrons. The van der Waals surface area contributed by atoms with Crippen LogP contribution in [0.2, 0.25) is 5.02 Å². The molecule has 2 fully saturated rings. The van der Waals surface area contributed by atoms with E-state index in [9.17, 15) is 9.59 Å². The van der Waals surface area contributed by atoms with Crippen molar-refractivity contribution in [1.29, 1.82) is 0 Å². The van der Waals surface area contributed by atoms with Crippen LogP contribution >= 0.6 is 11.6 Å². The zero-order valence-corrected chi connectivity index (χ0v) is 12.0. The number of rotatable bonds is 5. The van der Waals surface area contributed by atoms with Crippen molar-refractivity contribution in [1.82, 2.24) is 5.32 Å². The molecule has 6 heteroatoms. The first kappa shape index (κ1) is 14.2. The minimum atomic E-state index is -0.753. The monoisotopic (exact) mass is 309 g/mol. The van der Waals surface area contributed by atoms with Gasteiger partial charge in [-0.2, -0.15) is 0 Å². The summed E-state index contributed by atoms with van der Waals surface area (Å²) in [5.41, 5.74) is 0. The van der Waals surface area contributed by atoms with Crippen LogP contribution in [0.25, 0.3) is 0 Å². The van der Waals surface area contributed by atoms with Crippen LogP contribution in [0.1, 0.15) is 12.8 Å². The molecule has 0 saturated heterocycles. The highest BCUT2D eigenvalue weighted by Crippen LogP contribution is 2.55. The number of carboxylic acid groups (broad SMARTS) is 1. The van der Waals surface area contributed by atoms with E-state index in [1.807, 2.05) is 0 Å². The first-order chi connectivity index (χ1) is 10.0. The Bertz CT molecular complexity index is 559. The van der Waals surface area contributed by atoms with Gasteiger partial charge in [-0.1, -0.05) is 11.6 Å². The highest BCUT2D eigenvalue weighted by Gasteiger charge is 2.57. The molecule has 0 spiro atoms. The minimum absolute atomic E-state index is 0.0302. The number of nitrogens with one attached hydrogen (secondary N) is 1. The third-order valence-electron chi connectivity index (χ3n) is 4.28. The van der Waals surface area contributed by atoms with Crippen LogP contribution in [0.15, 0.2) is 24.3 Å². The SMILES string of the molecule is O=C(COc1ccc(Cl)cc1)N[C@H]1C[C@@H](C(=O)O)[C@@H]2C[C@@H]21. The predicted octanol–water partition coefficient (Wildman–Crippen LogP) is 1.94. The average molecular weight is 310 g/mol. The van der Waals surface area contributed by atoms with Gasteiger partial charge in [-0.05, 0) is 48.9 Å². The molecule has 2 aliphatic carbocycles. The molecular formula is C15H16ClNO4. The quantitative estimate of drug-likeness (QED) is 0.871. The highest BCUT2D eigenvalue weighted by atomic mass is 35.5. The maximum atomic E-state index is 11.9. The van der Waals surface area contributed by atoms with Gasteiger partial charge < -0.3 is 15.2 Å². The first-order valence-electron chi connectivity index (χ1n) is 6.95. The van der Waals surface area contributed by atoms with Crippen molar-refractivity contribution in [2.24, 2.45) is 17.8 Å². The van der Waals surface area contributed by atoms with Crippen molar-refractivity contribution in [3.05, 3.63) is 29.3 Å². The lowest BCUT2D eigenvalue weighted by atomic mass is 10.0. The van der Waals surface area contributed by atoms with Crippen molar-refractivity contribution < 1.29 is 19.4 Å². The molecule has 2 N–H and O–H groups in total. The fraction of sp³-hybridized carbons (Fsp3) is 0.467. The Kier molecular flexibility index (Phi) is 3.76. The van der Waals surface area contributed by atoms with Crippen LogP contribution in [-0.2, 0) is 9.59 Å². The molecule has 21 heavy (non-hydrogen) atoms. The van der Waals surface area contributed by atoms with Gasteiger partial charge in [0.2, 0.25) is 0 Å². The standard InChI is InChI=1S/C15H16ClNO4/c16-8-1-3-9(4-2-8)21-7-14(18)17-13-6-12(15(19)20)10-5-11(10)13/h1-4,10-13H,5-7H2,(H,17,18)(H,19,20)/t10-,11+,12-,13+/m1/s1. The van der Waals surface area contributed by atoms with E-state index in [0.29, 0.717) is 23.1 Å². The maximum absolute atomic E-state index is 11.9. The van der Waals surface area contributed by atoms with Gasteiger partial charge in [0.25, 0.3) is 5.91 Å². The average Bonchev–Trinajstić information content (AvgIpc) is 3.16. The third kappa shape index (κ3) is 3.13. The molecule has 1 amide bonds. The van der Waals surface area contributed by atoms with Gasteiger partial charge in [0.15, 0.2) is 6.61 Å². The molecule has 4 atom stereocenters. The molecule has 0 heterocycles. The van der Waals surface area contributed by atoms with Crippen molar-refractivity contribution >= 4 is 23.5 Å². The summed E-state index contributed by atoms with van der Waals surface area (Å²) in [5, 5.41) is 12.6. The van der Waals surface area contributed by atoms with Crippen LogP contribution in [0.4, 0.5) is 0 Å². The van der Waals surface area contributed by atoms with Crippen LogP contribution < -0.4 is 10.1 Å². The topological polar surface area (TPSA) is 75.6 Å². The number of hydrogen-bond acceptors (Lipinski definition) is 3. The van der Waals surface area contributed by atoms with Gasteiger partial charge in [0, 0.05) is 11.1 Å². The first-order valence-corrected chi connectivity index (χ1v) is 7.33. The molecule has 1 aromatic rings. The van der Waals surface area contributed by atoms with E-state index in [-0.39, 0.29) is 30.4 Å². The van der Waals surface area contributed by atoms with Gasteiger partial charge in [-0.15, -0.1) is 0 Å². The lowest BCUT2D eigenvalue weighted by Crippen LogP contribution is -2.38. The van der Waals surface area contributed by atoms with Crippen molar-refractivity contribution in [3.63, 3.8) is 0 Å². The Morgan fingerprint density at radius 1 is 1.24 bits per heavy atom. The number of carbonyl (C=O) groups excluding carboxylic acids is 1. The van der Waals surface area contributed by atoms with E-state index in [4.69, 9.17) is 21.4 Å². The number of halogens is 1. The molecule has 3 rings (SSSR count). The minimum Gasteiger partial charge on any atom is -0.484 e. The van der Waals surface area contributed by atoms with Crippen LogP contribution in [0.5, 0.6) is 5.75 Å². The lowest BCUT2D eigenvalue weighted by molar-refractivity contribution is -0.142. The van der Waals surface area contributed by atoms with Crippen molar-refractivity contribution in [2.75, 3.05) is 6.61 Å². The fourth-order valence-corrected chi connectivity index (χ4v) is 3.29. The second kappa shape index (κ2) is 5.56. The van der Waals surface area contributed by atoms with Crippen LogP contribution in [0, 0.1) is 17.8 Å². The summed E-state index contributed by atoms with van der Waals surface area (Å²) < 4.78 is 5.37. The number of hydrogen-bond donors (Lipinski definition) is 2. The van der Waals surface area contributed by atoms with Crippen molar-refractivity contribution in [3.8, 4) is 5.75 Å². The molecule has 0 aromatic heterocycles. The number of carbonyl (C=O) groups is 2. The Balaban J connectivity index is 1.47. The van der Waals surface area contributed by atoms with Crippen molar-refractivity contribution in [2.45, 2.75) is 18.9 Å². The number of amides is 1. The Morgan fingerprint density at radius 2 is 1.95 bits per heavy atom. The highest BCUT2D eigenvalue weighted by molar-refractivity contribution is 6.30. The van der Waals surface area contributed by atoms with Gasteiger partial charge in [-0.25, -0.2) is 0 Å². The van der Waals surface area contributed by atoms with Gasteiger partial charge in [0.05, 0.1) is 5.92 Å². The fourth-order valence-electron chi connectivity index (χ4n) is 3.16. The summed E-state index contributed by atoms with van der Waals surface area (Å²) in [6.07, 6.45) is 1.43. The molecule has 2 saturated carbocycles. The van der Waals surface area contributed by atoms with E-state index in [1.54, 1.807) is 24.3 Å². The second-order valence-corrected chi connectivity index (χ2v) is 6.10. The predicted molar refractivity (Wildman–Crippen MR) is 76.2 cm³/mol. The second-order valence-electron chi connectivity index (χ2n) is 5.66. The zero-order valence-electron chi connectivity index (χ0n) is 11.3. The number of fused-ring (bicyclic) bond motifs is 1. The molecule has 1 aromatic carbocycles. The smallest absolute Gasteiger partial charge is 0.306 e. The van der Waals surface area contributed by atoms with Crippen LogP contribution in [0.3, 0.4) is 0 Å². The van der Waals surface area contributed by atoms with E-state index < -0.39 is 5.97 Å². The molecule has 0 bridgehead atoms. The lowest BCUT2D eigenvalue weighted by Gasteiger charge is -2.16. The Hall–Kier alpha value is -1.75. The van der Waals surface area contributed by atoms with E-state index >= 15 is 0 Å². The van der Waals surface area contributed by atoms with Gasteiger partial charge in [-0.3, -0.25) is 9.59 Å². The summed E-state index contributed by atoms with van der Waals surface area (Å²) in [4.78, 5) is 22.9. The maximum Gasteiger partial charge on any atom is 0.306 e. The number of benzene rings is 1. The Labute approximate surface area is 127 Å². The third-order valence-corrected chi connectivity index (χ3v) is 4.53. The number of ether oxygens (including phenoxy) is 1. The summed E-state index contributed by atoms with van der Waals surface area (Å²) >= 11 is 5.76. The largest absolute Gasteiger partial charge is 0.484 e. The van der Waals surface area contributed by atoms with E-state index in [2.05, 4.69) is 5.32 Å². The number of aliphatic carboxylic acids is 1. The van der Waals surface area contributed by atoms with Crippen LogP contribution in [-0.4, -0.2) is 29.6 Å².